The fourth-order valence-corrected chi connectivity index (χ4v) is 8.65. The molecule has 1 fully saturated rings. The zero-order valence-electron chi connectivity index (χ0n) is 32.0. The molecule has 1 aliphatic rings. The van der Waals surface area contributed by atoms with Gasteiger partial charge in [-0.15, -0.1) is 0 Å². The second-order valence-electron chi connectivity index (χ2n) is 13.8. The molecule has 0 unspecified atom stereocenters. The van der Waals surface area contributed by atoms with Crippen LogP contribution in [-0.2, 0) is 42.6 Å². The lowest BCUT2D eigenvalue weighted by Crippen LogP contribution is -2.50. The SMILES string of the molecule is COC(=O)c1cc(CN[C@H]2C[C@@H](NCc3ccc(NS(=O)(=O)c4cnn(-c5ccc(Cl)cc5)c4)c(C(=O)OC)c3)C2)ccc1NS(=O)(=O)c1cnn(-c2ccc(Cl)cc2)c1. The van der Waals surface area contributed by atoms with Gasteiger partial charge in [0.15, 0.2) is 0 Å². The number of ether oxygens (including phenoxy) is 2. The van der Waals surface area contributed by atoms with E-state index in [9.17, 15) is 26.4 Å². The first kappa shape index (κ1) is 42.4. The van der Waals surface area contributed by atoms with E-state index in [2.05, 4.69) is 30.3 Å². The highest BCUT2D eigenvalue weighted by molar-refractivity contribution is 7.93. The van der Waals surface area contributed by atoms with Gasteiger partial charge in [-0.05, 0) is 96.8 Å². The van der Waals surface area contributed by atoms with Crippen molar-refractivity contribution in [2.24, 2.45) is 0 Å². The van der Waals surface area contributed by atoms with E-state index in [-0.39, 0.29) is 44.4 Å². The van der Waals surface area contributed by atoms with Gasteiger partial charge >= 0.3 is 11.9 Å². The van der Waals surface area contributed by atoms with E-state index in [1.165, 1.54) is 60.5 Å². The number of hydrogen-bond donors (Lipinski definition) is 4. The molecule has 0 saturated heterocycles. The molecular weight excluding hydrogens is 856 g/mol. The summed E-state index contributed by atoms with van der Waals surface area (Å²) >= 11 is 11.9. The monoisotopic (exact) mass is 892 g/mol. The van der Waals surface area contributed by atoms with Crippen molar-refractivity contribution in [3.8, 4) is 11.4 Å². The third-order valence-corrected chi connectivity index (χ3v) is 12.9. The number of hydrogen-bond acceptors (Lipinski definition) is 12. The third-order valence-electron chi connectivity index (χ3n) is 9.72. The summed E-state index contributed by atoms with van der Waals surface area (Å²) in [7, 11) is -5.80. The van der Waals surface area contributed by atoms with Crippen molar-refractivity contribution in [2.75, 3.05) is 23.7 Å². The van der Waals surface area contributed by atoms with Gasteiger partial charge < -0.3 is 20.1 Å². The van der Waals surface area contributed by atoms with E-state index in [1.54, 1.807) is 72.8 Å². The van der Waals surface area contributed by atoms with Crippen LogP contribution in [0, 0.1) is 0 Å². The van der Waals surface area contributed by atoms with Gasteiger partial charge in [0.25, 0.3) is 20.0 Å². The topological polar surface area (TPSA) is 205 Å². The molecule has 60 heavy (non-hydrogen) atoms. The van der Waals surface area contributed by atoms with Crippen molar-refractivity contribution in [3.05, 3.63) is 142 Å². The molecule has 1 saturated carbocycles. The molecule has 0 atom stereocenters. The lowest BCUT2D eigenvalue weighted by Gasteiger charge is -2.37. The predicted molar refractivity (Wildman–Crippen MR) is 225 cm³/mol. The largest absolute Gasteiger partial charge is 0.465 e. The fourth-order valence-electron chi connectivity index (χ4n) is 6.38. The normalized spacial score (nSPS) is 15.2. The first-order valence-corrected chi connectivity index (χ1v) is 22.0. The molecular formula is C40H38Cl2N8O8S2. The second kappa shape index (κ2) is 17.8. The van der Waals surface area contributed by atoms with Crippen LogP contribution in [0.2, 0.25) is 10.0 Å². The van der Waals surface area contributed by atoms with E-state index >= 15 is 0 Å². The number of nitrogens with zero attached hydrogens (tertiary/aromatic N) is 4. The van der Waals surface area contributed by atoms with Gasteiger partial charge in [-0.3, -0.25) is 9.44 Å². The minimum absolute atomic E-state index is 0.0500. The number of benzene rings is 4. The number of carbonyl (C=O) groups is 2. The molecule has 0 spiro atoms. The summed E-state index contributed by atoms with van der Waals surface area (Å²) in [5.74, 6) is -1.41. The molecule has 2 aromatic heterocycles. The zero-order valence-corrected chi connectivity index (χ0v) is 35.1. The number of halogens is 2. The molecule has 0 aliphatic heterocycles. The fraction of sp³-hybridized carbons (Fsp3) is 0.200. The summed E-state index contributed by atoms with van der Waals surface area (Å²) in [6.07, 6.45) is 6.71. The Balaban J connectivity index is 0.926. The van der Waals surface area contributed by atoms with Crippen LogP contribution in [0.4, 0.5) is 11.4 Å². The number of nitrogens with one attached hydrogen (secondary N) is 4. The van der Waals surface area contributed by atoms with Crippen molar-refractivity contribution in [1.29, 1.82) is 0 Å². The van der Waals surface area contributed by atoms with Crippen LogP contribution in [0.5, 0.6) is 0 Å². The average molecular weight is 894 g/mol. The van der Waals surface area contributed by atoms with E-state index in [0.717, 1.165) is 24.0 Å². The van der Waals surface area contributed by atoms with Crippen LogP contribution in [-0.4, -0.2) is 74.6 Å². The molecule has 4 aromatic carbocycles. The highest BCUT2D eigenvalue weighted by Crippen LogP contribution is 2.27. The number of sulfonamides is 2. The number of esters is 2. The molecule has 1 aliphatic carbocycles. The van der Waals surface area contributed by atoms with Gasteiger partial charge in [-0.2, -0.15) is 10.2 Å². The van der Waals surface area contributed by atoms with E-state index in [0.29, 0.717) is 34.5 Å². The average Bonchev–Trinajstić information content (AvgIpc) is 3.94. The van der Waals surface area contributed by atoms with E-state index in [1.807, 2.05) is 0 Å². The molecule has 7 rings (SSSR count). The molecule has 0 bridgehead atoms. The molecule has 312 valence electrons. The van der Waals surface area contributed by atoms with Gasteiger partial charge in [-0.1, -0.05) is 35.3 Å². The Morgan fingerprint density at radius 2 is 1.02 bits per heavy atom. The molecule has 0 radical (unpaired) electrons. The van der Waals surface area contributed by atoms with Crippen molar-refractivity contribution in [1.82, 2.24) is 30.2 Å². The number of methoxy groups -OCH3 is 2. The van der Waals surface area contributed by atoms with Gasteiger partial charge in [-0.25, -0.2) is 35.8 Å². The molecule has 4 N–H and O–H groups in total. The third kappa shape index (κ3) is 9.81. The molecule has 20 heteroatoms. The first-order chi connectivity index (χ1) is 28.7. The predicted octanol–water partition coefficient (Wildman–Crippen LogP) is 5.95. The maximum Gasteiger partial charge on any atom is 0.340 e. The standard InChI is InChI=1S/C40H38Cl2N8O8S2/c1-57-39(51)35-15-25(3-13-37(35)47-59(53,54)33-21-45-49(23-33)31-9-5-27(41)6-10-31)19-43-29-17-30(18-29)44-20-26-4-14-38(36(16-26)40(52)58-2)48-60(55,56)34-22-46-50(24-34)32-11-7-28(42)8-12-32/h3-16,21-24,29-30,43-44,47-48H,17-20H2,1-2H3/t29-,30+. The molecule has 0 amide bonds. The van der Waals surface area contributed by atoms with Gasteiger partial charge in [0.2, 0.25) is 0 Å². The Bertz CT molecular complexity index is 2570. The Labute approximate surface area is 355 Å². The minimum Gasteiger partial charge on any atom is -0.465 e. The minimum atomic E-state index is -4.12. The summed E-state index contributed by atoms with van der Waals surface area (Å²) in [5.41, 5.74) is 2.93. The summed E-state index contributed by atoms with van der Waals surface area (Å²) in [5, 5.41) is 16.3. The Hall–Kier alpha value is -5.76. The van der Waals surface area contributed by atoms with Crippen molar-refractivity contribution < 1.29 is 35.9 Å². The van der Waals surface area contributed by atoms with Crippen LogP contribution < -0.4 is 20.1 Å². The Kier molecular flexibility index (Phi) is 12.6. The van der Waals surface area contributed by atoms with E-state index < -0.39 is 32.0 Å². The van der Waals surface area contributed by atoms with Gasteiger partial charge in [0, 0.05) is 35.2 Å². The van der Waals surface area contributed by atoms with Crippen molar-refractivity contribution in [3.63, 3.8) is 0 Å². The Morgan fingerprint density at radius 3 is 1.38 bits per heavy atom. The van der Waals surface area contributed by atoms with Crippen LogP contribution in [0.1, 0.15) is 44.7 Å². The maximum absolute atomic E-state index is 13.3. The lowest BCUT2D eigenvalue weighted by molar-refractivity contribution is 0.0593. The summed E-state index contributed by atoms with van der Waals surface area (Å²) in [4.78, 5) is 25.3. The summed E-state index contributed by atoms with van der Waals surface area (Å²) in [6.45, 7) is 0.814. The number of anilines is 2. The maximum atomic E-state index is 13.3. The number of carbonyl (C=O) groups excluding carboxylic acids is 2. The van der Waals surface area contributed by atoms with Crippen LogP contribution in [0.25, 0.3) is 11.4 Å². The highest BCUT2D eigenvalue weighted by Gasteiger charge is 2.29. The van der Waals surface area contributed by atoms with Crippen molar-refractivity contribution in [2.45, 2.75) is 47.8 Å². The van der Waals surface area contributed by atoms with E-state index in [4.69, 9.17) is 32.7 Å². The summed E-state index contributed by atoms with van der Waals surface area (Å²) in [6, 6.07) is 23.4. The molecule has 16 nitrogen and oxygen atoms in total. The molecule has 2 heterocycles. The number of rotatable bonds is 16. The second-order valence-corrected chi connectivity index (χ2v) is 18.0. The van der Waals surface area contributed by atoms with Crippen LogP contribution in [0.3, 0.4) is 0 Å². The lowest BCUT2D eigenvalue weighted by atomic mass is 9.86. The van der Waals surface area contributed by atoms with Gasteiger partial charge in [0.1, 0.15) is 9.79 Å². The quantitative estimate of drug-likeness (QED) is 0.0833. The molecule has 6 aromatic rings. The zero-order chi connectivity index (χ0) is 42.6. The smallest absolute Gasteiger partial charge is 0.340 e. The Morgan fingerprint density at radius 1 is 0.633 bits per heavy atom. The number of aromatic nitrogens is 4. The van der Waals surface area contributed by atoms with Gasteiger partial charge in [0.05, 0.1) is 72.9 Å². The first-order valence-electron chi connectivity index (χ1n) is 18.3. The van der Waals surface area contributed by atoms with Crippen LogP contribution >= 0.6 is 23.2 Å². The van der Waals surface area contributed by atoms with Crippen LogP contribution in [0.15, 0.2) is 120 Å². The highest BCUT2D eigenvalue weighted by atomic mass is 35.5. The summed E-state index contributed by atoms with van der Waals surface area (Å²) < 4.78 is 70.9. The van der Waals surface area contributed by atoms with Crippen molar-refractivity contribution >= 4 is 66.6 Å².